The normalized spacial score (nSPS) is 15.2. The third kappa shape index (κ3) is 3.14. The Balaban J connectivity index is 1.70. The van der Waals surface area contributed by atoms with Crippen LogP contribution in [0.5, 0.6) is 0 Å². The molecule has 3 heterocycles. The van der Waals surface area contributed by atoms with Crippen LogP contribution in [-0.4, -0.2) is 40.7 Å². The van der Waals surface area contributed by atoms with E-state index < -0.39 is 5.97 Å². The van der Waals surface area contributed by atoms with E-state index in [-0.39, 0.29) is 12.3 Å². The Labute approximate surface area is 129 Å². The quantitative estimate of drug-likeness (QED) is 0.860. The van der Waals surface area contributed by atoms with Gasteiger partial charge in [0.1, 0.15) is 18.6 Å². The fourth-order valence-corrected chi connectivity index (χ4v) is 2.73. The average Bonchev–Trinajstić information content (AvgIpc) is 3.01. The van der Waals surface area contributed by atoms with Gasteiger partial charge in [0.05, 0.1) is 18.6 Å². The summed E-state index contributed by atoms with van der Waals surface area (Å²) in [6, 6.07) is 1.76. The molecule has 0 aromatic carbocycles. The minimum Gasteiger partial charge on any atom is -0.456 e. The van der Waals surface area contributed by atoms with E-state index in [1.807, 2.05) is 0 Å². The highest BCUT2D eigenvalue weighted by atomic mass is 79.9. The highest BCUT2D eigenvalue weighted by Gasteiger charge is 2.16. The number of rotatable bonds is 3. The SMILES string of the molecule is O=C(OCC(Br)=C1CCOCC1)c1ncnc2[nH]ccc12. The van der Waals surface area contributed by atoms with E-state index in [2.05, 4.69) is 30.9 Å². The van der Waals surface area contributed by atoms with E-state index in [4.69, 9.17) is 9.47 Å². The summed E-state index contributed by atoms with van der Waals surface area (Å²) >= 11 is 3.49. The van der Waals surface area contributed by atoms with Gasteiger partial charge >= 0.3 is 5.97 Å². The number of carbonyl (C=O) groups is 1. The smallest absolute Gasteiger partial charge is 0.358 e. The van der Waals surface area contributed by atoms with Gasteiger partial charge in [-0.3, -0.25) is 0 Å². The minimum atomic E-state index is -0.452. The Morgan fingerprint density at radius 2 is 2.19 bits per heavy atom. The molecule has 0 amide bonds. The van der Waals surface area contributed by atoms with Crippen LogP contribution in [0.3, 0.4) is 0 Å². The number of nitrogens with one attached hydrogen (secondary N) is 1. The summed E-state index contributed by atoms with van der Waals surface area (Å²) in [6.45, 7) is 1.65. The van der Waals surface area contributed by atoms with Gasteiger partial charge in [-0.15, -0.1) is 0 Å². The van der Waals surface area contributed by atoms with Crippen LogP contribution in [0.4, 0.5) is 0 Å². The molecule has 1 aliphatic heterocycles. The number of halogens is 1. The molecule has 1 saturated heterocycles. The Hall–Kier alpha value is -1.73. The first-order valence-corrected chi connectivity index (χ1v) is 7.44. The summed E-state index contributed by atoms with van der Waals surface area (Å²) in [6.07, 6.45) is 4.80. The summed E-state index contributed by atoms with van der Waals surface area (Å²) < 4.78 is 11.5. The number of aromatic nitrogens is 3. The molecule has 2 aromatic rings. The van der Waals surface area contributed by atoms with Gasteiger partial charge in [0.15, 0.2) is 5.69 Å². The number of hydrogen-bond donors (Lipinski definition) is 1. The number of nitrogens with zero attached hydrogens (tertiary/aromatic N) is 2. The number of aromatic amines is 1. The van der Waals surface area contributed by atoms with Gasteiger partial charge in [-0.1, -0.05) is 21.5 Å². The van der Waals surface area contributed by atoms with Crippen LogP contribution in [0.1, 0.15) is 23.3 Å². The van der Waals surface area contributed by atoms with Crippen LogP contribution in [-0.2, 0) is 9.47 Å². The minimum absolute atomic E-state index is 0.212. The molecule has 0 radical (unpaired) electrons. The van der Waals surface area contributed by atoms with Crippen molar-refractivity contribution in [2.75, 3.05) is 19.8 Å². The highest BCUT2D eigenvalue weighted by Crippen LogP contribution is 2.23. The number of carbonyl (C=O) groups excluding carboxylic acids is 1. The molecule has 110 valence electrons. The number of H-pyrrole nitrogens is 1. The van der Waals surface area contributed by atoms with Gasteiger partial charge in [-0.25, -0.2) is 14.8 Å². The molecule has 0 atom stereocenters. The lowest BCUT2D eigenvalue weighted by Gasteiger charge is -2.16. The molecule has 0 aliphatic carbocycles. The first-order chi connectivity index (χ1) is 10.3. The van der Waals surface area contributed by atoms with E-state index in [0.29, 0.717) is 24.2 Å². The van der Waals surface area contributed by atoms with Crippen LogP contribution in [0.15, 0.2) is 28.6 Å². The maximum atomic E-state index is 12.1. The summed E-state index contributed by atoms with van der Waals surface area (Å²) in [5, 5.41) is 0.664. The van der Waals surface area contributed by atoms with Gasteiger partial charge in [0.2, 0.25) is 0 Å². The molecule has 2 aromatic heterocycles. The van der Waals surface area contributed by atoms with Crippen LogP contribution >= 0.6 is 15.9 Å². The van der Waals surface area contributed by atoms with Crippen molar-refractivity contribution in [3.05, 3.63) is 34.3 Å². The van der Waals surface area contributed by atoms with Crippen molar-refractivity contribution in [2.24, 2.45) is 0 Å². The fourth-order valence-electron chi connectivity index (χ4n) is 2.22. The number of esters is 1. The van der Waals surface area contributed by atoms with Gasteiger partial charge in [0.25, 0.3) is 0 Å². The first-order valence-electron chi connectivity index (χ1n) is 6.65. The number of fused-ring (bicyclic) bond motifs is 1. The second-order valence-corrected chi connectivity index (χ2v) is 5.62. The van der Waals surface area contributed by atoms with Crippen LogP contribution in [0, 0.1) is 0 Å². The largest absolute Gasteiger partial charge is 0.456 e. The Bertz CT molecular complexity index is 688. The number of hydrogen-bond acceptors (Lipinski definition) is 5. The molecule has 0 bridgehead atoms. The van der Waals surface area contributed by atoms with E-state index in [0.717, 1.165) is 17.3 Å². The van der Waals surface area contributed by atoms with Crippen molar-refractivity contribution in [1.82, 2.24) is 15.0 Å². The van der Waals surface area contributed by atoms with Crippen LogP contribution in [0.25, 0.3) is 11.0 Å². The summed E-state index contributed by atoms with van der Waals surface area (Å²) in [5.74, 6) is -0.452. The molecule has 1 N–H and O–H groups in total. The molecule has 1 fully saturated rings. The van der Waals surface area contributed by atoms with E-state index in [9.17, 15) is 4.79 Å². The molecule has 0 saturated carbocycles. The molecule has 0 unspecified atom stereocenters. The van der Waals surface area contributed by atoms with Crippen molar-refractivity contribution < 1.29 is 14.3 Å². The standard InChI is InChI=1S/C14H14BrN3O3/c15-11(9-2-5-20-6-3-9)7-21-14(19)12-10-1-4-16-13(10)18-8-17-12/h1,4,8H,2-3,5-7H2,(H,16,17,18). The first kappa shape index (κ1) is 14.2. The molecule has 1 aliphatic rings. The monoisotopic (exact) mass is 351 g/mol. The number of ether oxygens (including phenoxy) is 2. The van der Waals surface area contributed by atoms with Crippen LogP contribution in [0.2, 0.25) is 0 Å². The Kier molecular flexibility index (Phi) is 4.31. The lowest BCUT2D eigenvalue weighted by atomic mass is 10.1. The lowest BCUT2D eigenvalue weighted by Crippen LogP contribution is -2.13. The van der Waals surface area contributed by atoms with Gasteiger partial charge < -0.3 is 14.5 Å². The molecule has 21 heavy (non-hydrogen) atoms. The molecule has 0 spiro atoms. The van der Waals surface area contributed by atoms with Crippen molar-refractivity contribution in [1.29, 1.82) is 0 Å². The zero-order valence-corrected chi connectivity index (χ0v) is 12.9. The zero-order valence-electron chi connectivity index (χ0n) is 11.3. The van der Waals surface area contributed by atoms with Crippen molar-refractivity contribution >= 4 is 32.9 Å². The Morgan fingerprint density at radius 1 is 1.38 bits per heavy atom. The molecule has 3 rings (SSSR count). The topological polar surface area (TPSA) is 77.1 Å². The molecular formula is C14H14BrN3O3. The average molecular weight is 352 g/mol. The summed E-state index contributed by atoms with van der Waals surface area (Å²) in [4.78, 5) is 23.1. The van der Waals surface area contributed by atoms with E-state index in [1.165, 1.54) is 11.9 Å². The maximum Gasteiger partial charge on any atom is 0.358 e. The second-order valence-electron chi connectivity index (χ2n) is 4.66. The van der Waals surface area contributed by atoms with Crippen LogP contribution < -0.4 is 0 Å². The van der Waals surface area contributed by atoms with Gasteiger partial charge in [-0.2, -0.15) is 0 Å². The third-order valence-corrected chi connectivity index (χ3v) is 4.15. The van der Waals surface area contributed by atoms with Gasteiger partial charge in [0, 0.05) is 10.7 Å². The summed E-state index contributed by atoms with van der Waals surface area (Å²) in [5.41, 5.74) is 2.14. The lowest BCUT2D eigenvalue weighted by molar-refractivity contribution is 0.0540. The van der Waals surface area contributed by atoms with Crippen molar-refractivity contribution in [2.45, 2.75) is 12.8 Å². The molecule has 7 heteroatoms. The highest BCUT2D eigenvalue weighted by molar-refractivity contribution is 9.11. The van der Waals surface area contributed by atoms with E-state index in [1.54, 1.807) is 12.3 Å². The molecular weight excluding hydrogens is 338 g/mol. The third-order valence-electron chi connectivity index (χ3n) is 3.36. The predicted molar refractivity (Wildman–Crippen MR) is 80.2 cm³/mol. The summed E-state index contributed by atoms with van der Waals surface area (Å²) in [7, 11) is 0. The second kappa shape index (κ2) is 6.36. The zero-order chi connectivity index (χ0) is 14.7. The predicted octanol–water partition coefficient (Wildman–Crippen LogP) is 2.57. The van der Waals surface area contributed by atoms with Crippen molar-refractivity contribution in [3.8, 4) is 0 Å². The maximum absolute atomic E-state index is 12.1. The van der Waals surface area contributed by atoms with Crippen molar-refractivity contribution in [3.63, 3.8) is 0 Å². The molecule has 6 nitrogen and oxygen atoms in total. The van der Waals surface area contributed by atoms with E-state index >= 15 is 0 Å². The van der Waals surface area contributed by atoms with Gasteiger partial charge in [-0.05, 0) is 18.9 Å². The fraction of sp³-hybridized carbons (Fsp3) is 0.357. The Morgan fingerprint density at radius 3 is 3.00 bits per heavy atom.